The molecule has 0 atom stereocenters. The molecule has 0 spiro atoms. The molecule has 0 bridgehead atoms. The first-order valence-corrected chi connectivity index (χ1v) is 5.73. The maximum absolute atomic E-state index is 6.03. The molecular weight excluding hydrogens is 212 g/mol. The van der Waals surface area contributed by atoms with Gasteiger partial charge in [0.2, 0.25) is 5.90 Å². The molecule has 1 aromatic carbocycles. The van der Waals surface area contributed by atoms with Crippen LogP contribution >= 0.6 is 0 Å². The van der Waals surface area contributed by atoms with Crippen molar-refractivity contribution in [3.05, 3.63) is 41.5 Å². The van der Waals surface area contributed by atoms with Gasteiger partial charge in [0.25, 0.3) is 0 Å². The molecule has 0 saturated heterocycles. The number of aryl methyl sites for hydroxylation is 1. The number of aliphatic imine (C=N–C) groups is 1. The third-order valence-electron chi connectivity index (χ3n) is 2.62. The molecule has 0 unspecified atom stereocenters. The minimum atomic E-state index is -0.140. The summed E-state index contributed by atoms with van der Waals surface area (Å²) in [5, 5.41) is 0. The Labute approximate surface area is 102 Å². The summed E-state index contributed by atoms with van der Waals surface area (Å²) >= 11 is 0. The SMILES string of the molecule is Cc1cccc(/C(N)=C\C2=NC(C)(C)CO2)c1. The minimum absolute atomic E-state index is 0.140. The molecule has 3 heteroatoms. The van der Waals surface area contributed by atoms with Crippen molar-refractivity contribution in [2.24, 2.45) is 10.7 Å². The molecule has 0 radical (unpaired) electrons. The number of hydrogen-bond acceptors (Lipinski definition) is 3. The molecular formula is C14H18N2O. The van der Waals surface area contributed by atoms with Crippen LogP contribution in [0.2, 0.25) is 0 Å². The van der Waals surface area contributed by atoms with Crippen LogP contribution in [0.25, 0.3) is 5.70 Å². The van der Waals surface area contributed by atoms with Gasteiger partial charge in [-0.2, -0.15) is 0 Å². The average Bonchev–Trinajstić information content (AvgIpc) is 2.58. The summed E-state index contributed by atoms with van der Waals surface area (Å²) in [5.74, 6) is 0.619. The Morgan fingerprint density at radius 1 is 1.47 bits per heavy atom. The van der Waals surface area contributed by atoms with Crippen LogP contribution in [-0.2, 0) is 4.74 Å². The van der Waals surface area contributed by atoms with E-state index in [-0.39, 0.29) is 5.54 Å². The number of nitrogens with zero attached hydrogens (tertiary/aromatic N) is 1. The average molecular weight is 230 g/mol. The molecule has 0 aromatic heterocycles. The van der Waals surface area contributed by atoms with Crippen LogP contribution < -0.4 is 5.73 Å². The van der Waals surface area contributed by atoms with E-state index in [0.717, 1.165) is 5.56 Å². The Morgan fingerprint density at radius 3 is 2.82 bits per heavy atom. The topological polar surface area (TPSA) is 47.6 Å². The Morgan fingerprint density at radius 2 is 2.24 bits per heavy atom. The van der Waals surface area contributed by atoms with Gasteiger partial charge >= 0.3 is 0 Å². The quantitative estimate of drug-likeness (QED) is 0.848. The normalized spacial score (nSPS) is 18.8. The van der Waals surface area contributed by atoms with E-state index in [1.807, 2.05) is 45.0 Å². The van der Waals surface area contributed by atoms with Gasteiger partial charge in [-0.05, 0) is 32.4 Å². The Kier molecular flexibility index (Phi) is 2.92. The highest BCUT2D eigenvalue weighted by Crippen LogP contribution is 2.19. The lowest BCUT2D eigenvalue weighted by Gasteiger charge is -2.07. The minimum Gasteiger partial charge on any atom is -0.475 e. The van der Waals surface area contributed by atoms with Gasteiger partial charge in [-0.15, -0.1) is 0 Å². The molecule has 1 aromatic rings. The van der Waals surface area contributed by atoms with Crippen molar-refractivity contribution in [1.29, 1.82) is 0 Å². The van der Waals surface area contributed by atoms with Gasteiger partial charge in [0.05, 0.1) is 5.54 Å². The molecule has 0 amide bonds. The first-order chi connectivity index (χ1) is 7.96. The van der Waals surface area contributed by atoms with Gasteiger partial charge in [-0.25, -0.2) is 4.99 Å². The van der Waals surface area contributed by atoms with Gasteiger partial charge < -0.3 is 10.5 Å². The highest BCUT2D eigenvalue weighted by atomic mass is 16.5. The van der Waals surface area contributed by atoms with E-state index >= 15 is 0 Å². The Balaban J connectivity index is 2.24. The lowest BCUT2D eigenvalue weighted by molar-refractivity contribution is 0.280. The highest BCUT2D eigenvalue weighted by Gasteiger charge is 2.25. The second-order valence-electron chi connectivity index (χ2n) is 5.02. The molecule has 3 nitrogen and oxygen atoms in total. The zero-order chi connectivity index (χ0) is 12.5. The fourth-order valence-corrected chi connectivity index (χ4v) is 1.73. The van der Waals surface area contributed by atoms with Crippen molar-refractivity contribution in [2.45, 2.75) is 26.3 Å². The van der Waals surface area contributed by atoms with Crippen molar-refractivity contribution in [3.63, 3.8) is 0 Å². The smallest absolute Gasteiger partial charge is 0.211 e. The maximum Gasteiger partial charge on any atom is 0.211 e. The standard InChI is InChI=1S/C14H18N2O/c1-10-5-4-6-11(7-10)12(15)8-13-16-14(2,3)9-17-13/h4-8H,9,15H2,1-3H3/b12-8+. The summed E-state index contributed by atoms with van der Waals surface area (Å²) in [6.07, 6.45) is 1.80. The Hall–Kier alpha value is -1.77. The second-order valence-corrected chi connectivity index (χ2v) is 5.02. The number of nitrogens with two attached hydrogens (primary N) is 1. The van der Waals surface area contributed by atoms with Crippen LogP contribution in [0.15, 0.2) is 35.3 Å². The predicted molar refractivity (Wildman–Crippen MR) is 70.8 cm³/mol. The lowest BCUT2D eigenvalue weighted by atomic mass is 10.1. The van der Waals surface area contributed by atoms with Gasteiger partial charge in [-0.1, -0.05) is 23.8 Å². The molecule has 0 aliphatic carbocycles. The summed E-state index contributed by atoms with van der Waals surface area (Å²) in [6, 6.07) is 8.07. The fraction of sp³-hybridized carbons (Fsp3) is 0.357. The molecule has 1 aliphatic rings. The van der Waals surface area contributed by atoms with Crippen molar-refractivity contribution < 1.29 is 4.74 Å². The molecule has 90 valence electrons. The van der Waals surface area contributed by atoms with Gasteiger partial charge in [-0.3, -0.25) is 0 Å². The van der Waals surface area contributed by atoms with Crippen molar-refractivity contribution in [1.82, 2.24) is 0 Å². The van der Waals surface area contributed by atoms with Crippen LogP contribution in [0.5, 0.6) is 0 Å². The van der Waals surface area contributed by atoms with Crippen molar-refractivity contribution in [2.75, 3.05) is 6.61 Å². The summed E-state index contributed by atoms with van der Waals surface area (Å²) in [7, 11) is 0. The number of benzene rings is 1. The first kappa shape index (κ1) is 11.7. The first-order valence-electron chi connectivity index (χ1n) is 5.73. The number of rotatable bonds is 2. The third-order valence-corrected chi connectivity index (χ3v) is 2.62. The maximum atomic E-state index is 6.03. The van der Waals surface area contributed by atoms with Gasteiger partial charge in [0.1, 0.15) is 6.61 Å². The van der Waals surface area contributed by atoms with E-state index in [2.05, 4.69) is 4.99 Å². The van der Waals surface area contributed by atoms with Gasteiger partial charge in [0, 0.05) is 11.8 Å². The second kappa shape index (κ2) is 4.24. The summed E-state index contributed by atoms with van der Waals surface area (Å²) < 4.78 is 5.48. The number of hydrogen-bond donors (Lipinski definition) is 1. The van der Waals surface area contributed by atoms with E-state index in [0.29, 0.717) is 18.2 Å². The van der Waals surface area contributed by atoms with Crippen LogP contribution in [0, 0.1) is 6.92 Å². The molecule has 2 rings (SSSR count). The van der Waals surface area contributed by atoms with Gasteiger partial charge in [0.15, 0.2) is 0 Å². The summed E-state index contributed by atoms with van der Waals surface area (Å²) in [5.41, 5.74) is 8.77. The van der Waals surface area contributed by atoms with E-state index in [1.54, 1.807) is 6.08 Å². The molecule has 2 N–H and O–H groups in total. The fourth-order valence-electron chi connectivity index (χ4n) is 1.73. The zero-order valence-electron chi connectivity index (χ0n) is 10.5. The molecule has 1 aliphatic heterocycles. The van der Waals surface area contributed by atoms with E-state index in [1.165, 1.54) is 5.56 Å². The largest absolute Gasteiger partial charge is 0.475 e. The monoisotopic (exact) mass is 230 g/mol. The third kappa shape index (κ3) is 2.87. The molecule has 1 heterocycles. The van der Waals surface area contributed by atoms with Crippen LogP contribution in [-0.4, -0.2) is 18.0 Å². The zero-order valence-corrected chi connectivity index (χ0v) is 10.5. The predicted octanol–water partition coefficient (Wildman–Crippen LogP) is 2.50. The Bertz CT molecular complexity index is 487. The van der Waals surface area contributed by atoms with Crippen molar-refractivity contribution in [3.8, 4) is 0 Å². The lowest BCUT2D eigenvalue weighted by Crippen LogP contribution is -2.17. The molecule has 17 heavy (non-hydrogen) atoms. The summed E-state index contributed by atoms with van der Waals surface area (Å²) in [6.45, 7) is 6.73. The summed E-state index contributed by atoms with van der Waals surface area (Å²) in [4.78, 5) is 4.45. The van der Waals surface area contributed by atoms with E-state index < -0.39 is 0 Å². The number of ether oxygens (including phenoxy) is 1. The highest BCUT2D eigenvalue weighted by molar-refractivity contribution is 5.95. The molecule has 0 fully saturated rings. The van der Waals surface area contributed by atoms with Crippen LogP contribution in [0.4, 0.5) is 0 Å². The molecule has 0 saturated carbocycles. The van der Waals surface area contributed by atoms with E-state index in [9.17, 15) is 0 Å². The van der Waals surface area contributed by atoms with Crippen molar-refractivity contribution >= 4 is 11.6 Å². The van der Waals surface area contributed by atoms with Crippen LogP contribution in [0.1, 0.15) is 25.0 Å². The van der Waals surface area contributed by atoms with Crippen LogP contribution in [0.3, 0.4) is 0 Å². The van der Waals surface area contributed by atoms with E-state index in [4.69, 9.17) is 10.5 Å².